The summed E-state index contributed by atoms with van der Waals surface area (Å²) in [7, 11) is 0. The van der Waals surface area contributed by atoms with E-state index in [1.807, 2.05) is 12.1 Å². The third kappa shape index (κ3) is 4.04. The van der Waals surface area contributed by atoms with Crippen molar-refractivity contribution in [3.05, 3.63) is 74.8 Å². The number of esters is 1. The van der Waals surface area contributed by atoms with E-state index in [0.717, 1.165) is 46.6 Å². The van der Waals surface area contributed by atoms with Crippen LogP contribution in [0.5, 0.6) is 0 Å². The molecule has 1 aromatic carbocycles. The Morgan fingerprint density at radius 2 is 1.70 bits per heavy atom. The highest BCUT2D eigenvalue weighted by Gasteiger charge is 2.24. The molecule has 0 saturated carbocycles. The molecule has 0 saturated heterocycles. The Bertz CT molecular complexity index is 1060. The number of benzene rings is 1. The number of allylic oxidation sites excluding steroid dienone is 2. The van der Waals surface area contributed by atoms with Crippen molar-refractivity contribution in [2.75, 3.05) is 0 Å². The molecule has 4 nitrogen and oxygen atoms in total. The van der Waals surface area contributed by atoms with Crippen LogP contribution < -0.4 is 0 Å². The van der Waals surface area contributed by atoms with Crippen molar-refractivity contribution in [3.63, 3.8) is 0 Å². The number of aliphatic imine (C=N–C) groups is 1. The van der Waals surface area contributed by atoms with Crippen molar-refractivity contribution in [3.8, 4) is 0 Å². The maximum atomic E-state index is 11.1. The average Bonchev–Trinajstić information content (AvgIpc) is 3.16. The summed E-state index contributed by atoms with van der Waals surface area (Å²) in [5, 5.41) is 0. The molecular weight excluding hydrogens is 372 g/mol. The molecule has 1 aliphatic heterocycles. The number of aromatic amines is 1. The minimum Gasteiger partial charge on any atom is -0.461 e. The first-order valence-electron chi connectivity index (χ1n) is 10.7. The third-order valence-electron chi connectivity index (χ3n) is 6.00. The zero-order valence-electron chi connectivity index (χ0n) is 19.2. The van der Waals surface area contributed by atoms with E-state index in [-0.39, 0.29) is 12.6 Å². The number of H-pyrrole nitrogens is 1. The summed E-state index contributed by atoms with van der Waals surface area (Å²) in [6.07, 6.45) is 1.97. The summed E-state index contributed by atoms with van der Waals surface area (Å²) in [5.41, 5.74) is 12.9. The fourth-order valence-corrected chi connectivity index (χ4v) is 4.42. The summed E-state index contributed by atoms with van der Waals surface area (Å²) in [6.45, 7) is 14.7. The third-order valence-corrected chi connectivity index (χ3v) is 6.00. The molecule has 0 radical (unpaired) electrons. The Morgan fingerprint density at radius 1 is 1.03 bits per heavy atom. The normalized spacial score (nSPS) is 15.5. The van der Waals surface area contributed by atoms with Gasteiger partial charge in [-0.25, -0.2) is 0 Å². The largest absolute Gasteiger partial charge is 0.461 e. The van der Waals surface area contributed by atoms with E-state index in [1.54, 1.807) is 0 Å². The predicted molar refractivity (Wildman–Crippen MR) is 124 cm³/mol. The molecule has 158 valence electrons. The van der Waals surface area contributed by atoms with E-state index in [0.29, 0.717) is 0 Å². The molecular formula is C26H32N2O2. The minimum absolute atomic E-state index is 0.268. The second-order valence-electron chi connectivity index (χ2n) is 7.94. The van der Waals surface area contributed by atoms with Crippen LogP contribution in [0.1, 0.15) is 74.7 Å². The Balaban J connectivity index is 2.19. The molecule has 0 fully saturated rings. The van der Waals surface area contributed by atoms with Crippen molar-refractivity contribution >= 4 is 17.3 Å². The zero-order chi connectivity index (χ0) is 22.0. The lowest BCUT2D eigenvalue weighted by Crippen LogP contribution is -2.00. The molecule has 0 bridgehead atoms. The number of aromatic nitrogens is 1. The summed E-state index contributed by atoms with van der Waals surface area (Å²) < 4.78 is 5.14. The standard InChI is InChI=1S/C26H32N2O2/c1-8-22-15(3)25(27-17(22)5)24(26-16(4)23(9-2)18(6)28-26)21-12-10-20(11-13-21)14-30-19(7)29/h10-13,27H,8-9,14H2,1-7H3/b26-24-. The first kappa shape index (κ1) is 21.8. The Morgan fingerprint density at radius 3 is 2.20 bits per heavy atom. The summed E-state index contributed by atoms with van der Waals surface area (Å²) in [6, 6.07) is 8.25. The molecule has 2 heterocycles. The first-order valence-corrected chi connectivity index (χ1v) is 10.7. The van der Waals surface area contributed by atoms with Gasteiger partial charge < -0.3 is 9.72 Å². The van der Waals surface area contributed by atoms with Crippen LogP contribution in [-0.4, -0.2) is 16.7 Å². The Hall–Kier alpha value is -2.88. The van der Waals surface area contributed by atoms with Gasteiger partial charge in [0, 0.05) is 23.9 Å². The van der Waals surface area contributed by atoms with Gasteiger partial charge in [-0.05, 0) is 73.9 Å². The van der Waals surface area contributed by atoms with E-state index in [2.05, 4.69) is 58.7 Å². The number of ether oxygens (including phenoxy) is 1. The molecule has 30 heavy (non-hydrogen) atoms. The number of rotatable bonds is 6. The number of carbonyl (C=O) groups is 1. The van der Waals surface area contributed by atoms with E-state index in [4.69, 9.17) is 9.73 Å². The number of carbonyl (C=O) groups excluding carboxylic acids is 1. The van der Waals surface area contributed by atoms with Crippen LogP contribution in [0.4, 0.5) is 0 Å². The molecule has 1 aliphatic rings. The summed E-state index contributed by atoms with van der Waals surface area (Å²) in [5.74, 6) is -0.268. The Labute approximate surface area is 179 Å². The highest BCUT2D eigenvalue weighted by molar-refractivity contribution is 6.05. The van der Waals surface area contributed by atoms with Crippen molar-refractivity contribution in [1.29, 1.82) is 0 Å². The van der Waals surface area contributed by atoms with Gasteiger partial charge in [0.1, 0.15) is 6.61 Å². The summed E-state index contributed by atoms with van der Waals surface area (Å²) >= 11 is 0. The molecule has 0 unspecified atom stereocenters. The van der Waals surface area contributed by atoms with Crippen LogP contribution in [0, 0.1) is 13.8 Å². The fraction of sp³-hybridized carbons (Fsp3) is 0.385. The van der Waals surface area contributed by atoms with Gasteiger partial charge in [0.2, 0.25) is 0 Å². The van der Waals surface area contributed by atoms with Crippen LogP contribution in [0.25, 0.3) is 5.57 Å². The van der Waals surface area contributed by atoms with Crippen LogP contribution in [0.3, 0.4) is 0 Å². The summed E-state index contributed by atoms with van der Waals surface area (Å²) in [4.78, 5) is 19.8. The van der Waals surface area contributed by atoms with Crippen molar-refractivity contribution in [2.45, 2.75) is 67.9 Å². The minimum atomic E-state index is -0.268. The lowest BCUT2D eigenvalue weighted by atomic mass is 9.93. The monoisotopic (exact) mass is 404 g/mol. The topological polar surface area (TPSA) is 54.5 Å². The lowest BCUT2D eigenvalue weighted by molar-refractivity contribution is -0.142. The van der Waals surface area contributed by atoms with E-state index in [1.165, 1.54) is 34.9 Å². The van der Waals surface area contributed by atoms with Gasteiger partial charge in [-0.15, -0.1) is 0 Å². The molecule has 2 aromatic rings. The van der Waals surface area contributed by atoms with Crippen LogP contribution in [0.15, 0.2) is 46.1 Å². The SMILES string of the molecule is CCC1=C(C)/C(=C(\c2ccc(COC(C)=O)cc2)c2[nH]c(C)c(CC)c2C)N=C1C. The van der Waals surface area contributed by atoms with Crippen LogP contribution in [-0.2, 0) is 22.6 Å². The molecule has 1 aromatic heterocycles. The van der Waals surface area contributed by atoms with Gasteiger partial charge in [-0.1, -0.05) is 38.1 Å². The maximum absolute atomic E-state index is 11.1. The van der Waals surface area contributed by atoms with Gasteiger partial charge in [0.05, 0.1) is 11.4 Å². The van der Waals surface area contributed by atoms with E-state index >= 15 is 0 Å². The van der Waals surface area contributed by atoms with Gasteiger partial charge in [0.25, 0.3) is 0 Å². The molecule has 4 heteroatoms. The molecule has 0 spiro atoms. The molecule has 3 rings (SSSR count). The average molecular weight is 405 g/mol. The highest BCUT2D eigenvalue weighted by atomic mass is 16.5. The predicted octanol–water partition coefficient (Wildman–Crippen LogP) is 6.22. The van der Waals surface area contributed by atoms with Crippen LogP contribution in [0.2, 0.25) is 0 Å². The number of nitrogens with zero attached hydrogens (tertiary/aromatic N) is 1. The van der Waals surface area contributed by atoms with Crippen molar-refractivity contribution in [1.82, 2.24) is 4.98 Å². The van der Waals surface area contributed by atoms with Gasteiger partial charge in [-0.3, -0.25) is 9.79 Å². The zero-order valence-corrected chi connectivity index (χ0v) is 19.2. The van der Waals surface area contributed by atoms with Crippen molar-refractivity contribution in [2.24, 2.45) is 4.99 Å². The number of nitrogens with one attached hydrogen (secondary N) is 1. The number of hydrogen-bond acceptors (Lipinski definition) is 3. The number of aryl methyl sites for hydroxylation is 1. The van der Waals surface area contributed by atoms with Gasteiger partial charge >= 0.3 is 5.97 Å². The second-order valence-corrected chi connectivity index (χ2v) is 7.94. The molecule has 0 aliphatic carbocycles. The number of hydrogen-bond donors (Lipinski definition) is 1. The molecule has 1 N–H and O–H groups in total. The van der Waals surface area contributed by atoms with E-state index < -0.39 is 0 Å². The van der Waals surface area contributed by atoms with Gasteiger partial charge in [0.15, 0.2) is 0 Å². The highest BCUT2D eigenvalue weighted by Crippen LogP contribution is 2.38. The smallest absolute Gasteiger partial charge is 0.302 e. The maximum Gasteiger partial charge on any atom is 0.302 e. The second kappa shape index (κ2) is 8.86. The molecule has 0 amide bonds. The van der Waals surface area contributed by atoms with E-state index in [9.17, 15) is 4.79 Å². The Kier molecular flexibility index (Phi) is 6.45. The van der Waals surface area contributed by atoms with Crippen LogP contribution >= 0.6 is 0 Å². The van der Waals surface area contributed by atoms with Gasteiger partial charge in [-0.2, -0.15) is 0 Å². The lowest BCUT2D eigenvalue weighted by Gasteiger charge is -2.13. The first-order chi connectivity index (χ1) is 14.3. The quantitative estimate of drug-likeness (QED) is 0.581. The molecule has 0 atom stereocenters. The van der Waals surface area contributed by atoms with Crippen molar-refractivity contribution < 1.29 is 9.53 Å². The fourth-order valence-electron chi connectivity index (χ4n) is 4.42.